The molecule has 0 aliphatic rings. The monoisotopic (exact) mass is 538 g/mol. The molecule has 37 heavy (non-hydrogen) atoms. The van der Waals surface area contributed by atoms with Gasteiger partial charge in [0.1, 0.15) is 6.04 Å². The van der Waals surface area contributed by atoms with E-state index in [0.29, 0.717) is 34.4 Å². The van der Waals surface area contributed by atoms with Gasteiger partial charge < -0.3 is 10.2 Å². The number of carbonyl (C=O) groups excluding carboxylic acids is 2. The van der Waals surface area contributed by atoms with Crippen LogP contribution in [0, 0.1) is 0 Å². The van der Waals surface area contributed by atoms with Gasteiger partial charge in [0.25, 0.3) is 0 Å². The lowest BCUT2D eigenvalue weighted by Crippen LogP contribution is -2.51. The smallest absolute Gasteiger partial charge is 0.243 e. The van der Waals surface area contributed by atoms with Crippen molar-refractivity contribution in [3.63, 3.8) is 0 Å². The molecule has 2 amide bonds. The summed E-state index contributed by atoms with van der Waals surface area (Å²) < 4.78 is 0. The van der Waals surface area contributed by atoms with Crippen LogP contribution in [0.1, 0.15) is 62.3 Å². The molecular formula is C31H36Cl2N2O2. The van der Waals surface area contributed by atoms with Crippen LogP contribution in [0.3, 0.4) is 0 Å². The Morgan fingerprint density at radius 3 is 2.00 bits per heavy atom. The molecular weight excluding hydrogens is 503 g/mol. The van der Waals surface area contributed by atoms with Gasteiger partial charge in [-0.3, -0.25) is 9.59 Å². The van der Waals surface area contributed by atoms with Crippen molar-refractivity contribution in [1.29, 1.82) is 0 Å². The number of nitrogens with zero attached hydrogens (tertiary/aromatic N) is 1. The van der Waals surface area contributed by atoms with E-state index in [9.17, 15) is 9.59 Å². The first-order valence-corrected chi connectivity index (χ1v) is 13.6. The number of benzene rings is 3. The third-order valence-corrected chi connectivity index (χ3v) is 7.07. The van der Waals surface area contributed by atoms with Crippen LogP contribution in [0.25, 0.3) is 0 Å². The molecule has 196 valence electrons. The van der Waals surface area contributed by atoms with Crippen LogP contribution in [0.15, 0.2) is 72.8 Å². The Balaban J connectivity index is 1.93. The second kappa shape index (κ2) is 13.6. The molecule has 0 unspecified atom stereocenters. The van der Waals surface area contributed by atoms with Crippen LogP contribution in [0.4, 0.5) is 0 Å². The van der Waals surface area contributed by atoms with Crippen molar-refractivity contribution >= 4 is 35.0 Å². The van der Waals surface area contributed by atoms with Gasteiger partial charge in [0.05, 0.1) is 0 Å². The van der Waals surface area contributed by atoms with Crippen molar-refractivity contribution in [2.45, 2.75) is 71.5 Å². The zero-order chi connectivity index (χ0) is 26.9. The first-order valence-electron chi connectivity index (χ1n) is 12.8. The van der Waals surface area contributed by atoms with Crippen molar-refractivity contribution in [3.05, 3.63) is 105 Å². The fraction of sp³-hybridized carbons (Fsp3) is 0.355. The minimum atomic E-state index is -0.715. The van der Waals surface area contributed by atoms with Crippen LogP contribution in [-0.2, 0) is 29.0 Å². The van der Waals surface area contributed by atoms with Crippen molar-refractivity contribution < 1.29 is 9.59 Å². The molecule has 0 spiro atoms. The Morgan fingerprint density at radius 2 is 1.43 bits per heavy atom. The van der Waals surface area contributed by atoms with Crippen LogP contribution in [0.2, 0.25) is 10.0 Å². The molecule has 6 heteroatoms. The SMILES string of the molecule is CC(C)NC(=O)[C@@H](Cc1ccccc1)N(Cc1c(Cl)cccc1Cl)C(=O)CCc1ccc(C(C)C)cc1. The van der Waals surface area contributed by atoms with E-state index in [1.54, 1.807) is 23.1 Å². The zero-order valence-electron chi connectivity index (χ0n) is 22.0. The summed E-state index contributed by atoms with van der Waals surface area (Å²) in [7, 11) is 0. The van der Waals surface area contributed by atoms with E-state index in [-0.39, 0.29) is 30.8 Å². The van der Waals surface area contributed by atoms with Crippen molar-refractivity contribution in [2.24, 2.45) is 0 Å². The van der Waals surface area contributed by atoms with E-state index < -0.39 is 6.04 Å². The summed E-state index contributed by atoms with van der Waals surface area (Å²) in [5, 5.41) is 3.94. The molecule has 1 N–H and O–H groups in total. The molecule has 0 saturated carbocycles. The van der Waals surface area contributed by atoms with Gasteiger partial charge in [-0.15, -0.1) is 0 Å². The molecule has 0 saturated heterocycles. The van der Waals surface area contributed by atoms with E-state index in [1.807, 2.05) is 44.2 Å². The van der Waals surface area contributed by atoms with Gasteiger partial charge in [0.15, 0.2) is 0 Å². The number of hydrogen-bond acceptors (Lipinski definition) is 2. The quantitative estimate of drug-likeness (QED) is 0.280. The first-order chi connectivity index (χ1) is 17.7. The molecule has 3 rings (SSSR count). The molecule has 1 atom stereocenters. The maximum Gasteiger partial charge on any atom is 0.243 e. The summed E-state index contributed by atoms with van der Waals surface area (Å²) in [5.74, 6) is 0.130. The number of amides is 2. The Morgan fingerprint density at radius 1 is 0.811 bits per heavy atom. The lowest BCUT2D eigenvalue weighted by Gasteiger charge is -2.32. The standard InChI is InChI=1S/C31H36Cl2N2O2/c1-21(2)25-16-13-23(14-17-25)15-18-30(36)35(20-26-27(32)11-8-12-28(26)33)29(31(37)34-22(3)4)19-24-9-6-5-7-10-24/h5-14,16-17,21-22,29H,15,18-20H2,1-4H3,(H,34,37)/t29-/m1/s1. The number of nitrogens with one attached hydrogen (secondary N) is 1. The highest BCUT2D eigenvalue weighted by Gasteiger charge is 2.31. The first kappa shape index (κ1) is 28.7. The van der Waals surface area contributed by atoms with Crippen LogP contribution in [0.5, 0.6) is 0 Å². The predicted octanol–water partition coefficient (Wildman–Crippen LogP) is 7.21. The number of aryl methyl sites for hydroxylation is 1. The maximum absolute atomic E-state index is 13.8. The molecule has 0 aliphatic carbocycles. The van der Waals surface area contributed by atoms with E-state index in [0.717, 1.165) is 11.1 Å². The van der Waals surface area contributed by atoms with Crippen LogP contribution < -0.4 is 5.32 Å². The molecule has 0 heterocycles. The van der Waals surface area contributed by atoms with Crippen molar-refractivity contribution in [1.82, 2.24) is 10.2 Å². The largest absolute Gasteiger partial charge is 0.352 e. The number of halogens is 2. The minimum absolute atomic E-state index is 0.0638. The topological polar surface area (TPSA) is 49.4 Å². The van der Waals surface area contributed by atoms with Crippen LogP contribution >= 0.6 is 23.2 Å². The Bertz CT molecular complexity index is 1160. The predicted molar refractivity (Wildman–Crippen MR) is 153 cm³/mol. The fourth-order valence-corrected chi connectivity index (χ4v) is 4.77. The summed E-state index contributed by atoms with van der Waals surface area (Å²) in [6.07, 6.45) is 1.23. The summed E-state index contributed by atoms with van der Waals surface area (Å²) >= 11 is 13.0. The lowest BCUT2D eigenvalue weighted by atomic mass is 9.99. The second-order valence-electron chi connectivity index (χ2n) is 9.99. The van der Waals surface area contributed by atoms with Gasteiger partial charge in [0, 0.05) is 41.0 Å². The Labute approximate surface area is 231 Å². The summed E-state index contributed by atoms with van der Waals surface area (Å²) in [5.41, 5.74) is 3.95. The molecule has 0 fully saturated rings. The van der Waals surface area contributed by atoms with Crippen LogP contribution in [-0.4, -0.2) is 28.8 Å². The number of hydrogen-bond donors (Lipinski definition) is 1. The molecule has 0 radical (unpaired) electrons. The fourth-order valence-electron chi connectivity index (χ4n) is 4.25. The molecule has 4 nitrogen and oxygen atoms in total. The molecule has 3 aromatic rings. The molecule has 0 aromatic heterocycles. The van der Waals surface area contributed by atoms with Gasteiger partial charge in [-0.2, -0.15) is 0 Å². The number of rotatable bonds is 11. The lowest BCUT2D eigenvalue weighted by molar-refractivity contribution is -0.141. The van der Waals surface area contributed by atoms with E-state index in [2.05, 4.69) is 43.4 Å². The van der Waals surface area contributed by atoms with E-state index in [4.69, 9.17) is 23.2 Å². The highest BCUT2D eigenvalue weighted by Crippen LogP contribution is 2.28. The Kier molecular flexibility index (Phi) is 10.6. The van der Waals surface area contributed by atoms with Gasteiger partial charge in [-0.25, -0.2) is 0 Å². The molecule has 3 aromatic carbocycles. The highest BCUT2D eigenvalue weighted by molar-refractivity contribution is 6.36. The van der Waals surface area contributed by atoms with Crippen molar-refractivity contribution in [3.8, 4) is 0 Å². The summed E-state index contributed by atoms with van der Waals surface area (Å²) in [6.45, 7) is 8.29. The molecule has 0 bridgehead atoms. The third-order valence-electron chi connectivity index (χ3n) is 6.37. The summed E-state index contributed by atoms with van der Waals surface area (Å²) in [4.78, 5) is 28.9. The maximum atomic E-state index is 13.8. The van der Waals surface area contributed by atoms with Gasteiger partial charge in [0.2, 0.25) is 11.8 Å². The average molecular weight is 540 g/mol. The Hall–Kier alpha value is -2.82. The second-order valence-corrected chi connectivity index (χ2v) is 10.8. The average Bonchev–Trinajstić information content (AvgIpc) is 2.86. The summed E-state index contributed by atoms with van der Waals surface area (Å²) in [6, 6.07) is 22.6. The van der Waals surface area contributed by atoms with E-state index in [1.165, 1.54) is 5.56 Å². The van der Waals surface area contributed by atoms with Gasteiger partial charge in [-0.05, 0) is 55.0 Å². The highest BCUT2D eigenvalue weighted by atomic mass is 35.5. The molecule has 0 aliphatic heterocycles. The van der Waals surface area contributed by atoms with Gasteiger partial charge in [-0.1, -0.05) is 97.7 Å². The van der Waals surface area contributed by atoms with Crippen molar-refractivity contribution in [2.75, 3.05) is 0 Å². The van der Waals surface area contributed by atoms with E-state index >= 15 is 0 Å². The zero-order valence-corrected chi connectivity index (χ0v) is 23.5. The third kappa shape index (κ3) is 8.34. The van der Waals surface area contributed by atoms with Gasteiger partial charge >= 0.3 is 0 Å². The number of carbonyl (C=O) groups is 2. The normalized spacial score (nSPS) is 12.0. The minimum Gasteiger partial charge on any atom is -0.352 e.